The molecular weight excluding hydrogens is 285 g/mol. The molecule has 0 saturated carbocycles. The number of benzene rings is 1. The lowest BCUT2D eigenvalue weighted by molar-refractivity contribution is 0.621. The molecule has 0 bridgehead atoms. The highest BCUT2D eigenvalue weighted by Crippen LogP contribution is 2.23. The zero-order valence-corrected chi connectivity index (χ0v) is 10.2. The fourth-order valence-corrected chi connectivity index (χ4v) is 1.70. The van der Waals surface area contributed by atoms with Crippen LogP contribution >= 0.6 is 15.9 Å². The van der Waals surface area contributed by atoms with E-state index in [2.05, 4.69) is 26.2 Å². The minimum absolute atomic E-state index is 0.299. The number of pyridine rings is 1. The molecule has 0 aliphatic heterocycles. The fourth-order valence-electron chi connectivity index (χ4n) is 1.32. The molecule has 2 aromatic rings. The lowest BCUT2D eigenvalue weighted by Gasteiger charge is -2.07. The van der Waals surface area contributed by atoms with Gasteiger partial charge in [0.2, 0.25) is 0 Å². The third-order valence-corrected chi connectivity index (χ3v) is 2.72. The molecule has 5 heteroatoms. The van der Waals surface area contributed by atoms with Crippen molar-refractivity contribution >= 4 is 27.3 Å². The average Bonchev–Trinajstić information content (AvgIpc) is 2.34. The Balaban J connectivity index is 2.32. The highest BCUT2D eigenvalue weighted by Gasteiger charge is 2.04. The maximum atomic E-state index is 13.0. The summed E-state index contributed by atoms with van der Waals surface area (Å²) in [5.74, 6) is -0.331. The van der Waals surface area contributed by atoms with Crippen LogP contribution in [0.2, 0.25) is 0 Å². The van der Waals surface area contributed by atoms with Crippen molar-refractivity contribution < 1.29 is 4.39 Å². The molecule has 0 atom stereocenters. The van der Waals surface area contributed by atoms with Gasteiger partial charge in [-0.3, -0.25) is 0 Å². The molecule has 0 spiro atoms. The monoisotopic (exact) mass is 291 g/mol. The maximum absolute atomic E-state index is 13.0. The Bertz CT molecular complexity index is 593. The maximum Gasteiger partial charge on any atom is 0.163 e. The van der Waals surface area contributed by atoms with E-state index in [0.29, 0.717) is 21.5 Å². The Kier molecular flexibility index (Phi) is 3.35. The van der Waals surface area contributed by atoms with Crippen molar-refractivity contribution in [2.75, 3.05) is 5.32 Å². The third kappa shape index (κ3) is 2.60. The van der Waals surface area contributed by atoms with Crippen LogP contribution in [-0.4, -0.2) is 4.98 Å². The van der Waals surface area contributed by atoms with Gasteiger partial charge in [0.05, 0.1) is 10.2 Å². The Morgan fingerprint density at radius 3 is 2.88 bits per heavy atom. The van der Waals surface area contributed by atoms with Crippen molar-refractivity contribution in [2.24, 2.45) is 0 Å². The molecule has 0 amide bonds. The van der Waals surface area contributed by atoms with E-state index in [1.807, 2.05) is 6.07 Å². The highest BCUT2D eigenvalue weighted by molar-refractivity contribution is 9.10. The summed E-state index contributed by atoms with van der Waals surface area (Å²) in [6.45, 7) is 0. The third-order valence-electron chi connectivity index (χ3n) is 2.11. The molecule has 1 N–H and O–H groups in total. The minimum Gasteiger partial charge on any atom is -0.353 e. The SMILES string of the molecule is N#Cc1ncccc1Nc1ccc(F)c(Br)c1. The molecule has 1 heterocycles. The summed E-state index contributed by atoms with van der Waals surface area (Å²) in [4.78, 5) is 3.92. The molecule has 1 aromatic carbocycles. The van der Waals surface area contributed by atoms with Crippen LogP contribution in [0, 0.1) is 17.1 Å². The summed E-state index contributed by atoms with van der Waals surface area (Å²) in [5.41, 5.74) is 1.57. The van der Waals surface area contributed by atoms with Gasteiger partial charge in [-0.2, -0.15) is 5.26 Å². The molecule has 1 aromatic heterocycles. The summed E-state index contributed by atoms with van der Waals surface area (Å²) in [6.07, 6.45) is 1.55. The normalized spacial score (nSPS) is 9.71. The van der Waals surface area contributed by atoms with Gasteiger partial charge in [0, 0.05) is 11.9 Å². The van der Waals surface area contributed by atoms with Crippen molar-refractivity contribution in [2.45, 2.75) is 0 Å². The number of nitrogens with zero attached hydrogens (tertiary/aromatic N) is 2. The number of anilines is 2. The molecule has 0 aliphatic rings. The van der Waals surface area contributed by atoms with E-state index in [-0.39, 0.29) is 5.82 Å². The molecule has 0 aliphatic carbocycles. The van der Waals surface area contributed by atoms with Crippen LogP contribution in [-0.2, 0) is 0 Å². The van der Waals surface area contributed by atoms with Crippen LogP contribution in [0.5, 0.6) is 0 Å². The van der Waals surface area contributed by atoms with Crippen LogP contribution in [0.1, 0.15) is 5.69 Å². The number of nitriles is 1. The number of hydrogen-bond acceptors (Lipinski definition) is 3. The topological polar surface area (TPSA) is 48.7 Å². The van der Waals surface area contributed by atoms with Crippen LogP contribution in [0.3, 0.4) is 0 Å². The summed E-state index contributed by atoms with van der Waals surface area (Å²) in [6, 6.07) is 9.98. The van der Waals surface area contributed by atoms with Gasteiger partial charge < -0.3 is 5.32 Å². The number of halogens is 2. The first-order valence-corrected chi connectivity index (χ1v) is 5.57. The van der Waals surface area contributed by atoms with Crippen molar-refractivity contribution in [1.29, 1.82) is 5.26 Å². The molecule has 84 valence electrons. The summed E-state index contributed by atoms with van der Waals surface area (Å²) in [7, 11) is 0. The molecule has 0 unspecified atom stereocenters. The summed E-state index contributed by atoms with van der Waals surface area (Å²) >= 11 is 3.10. The van der Waals surface area contributed by atoms with E-state index in [4.69, 9.17) is 5.26 Å². The lowest BCUT2D eigenvalue weighted by Crippen LogP contribution is -1.95. The first-order valence-electron chi connectivity index (χ1n) is 4.78. The zero-order valence-electron chi connectivity index (χ0n) is 8.61. The van der Waals surface area contributed by atoms with Crippen molar-refractivity contribution in [3.63, 3.8) is 0 Å². The molecule has 17 heavy (non-hydrogen) atoms. The second-order valence-corrected chi connectivity index (χ2v) is 4.12. The predicted octanol–water partition coefficient (Wildman–Crippen LogP) is 3.60. The summed E-state index contributed by atoms with van der Waals surface area (Å²) in [5, 5.41) is 11.9. The number of hydrogen-bond donors (Lipinski definition) is 1. The van der Waals surface area contributed by atoms with Crippen molar-refractivity contribution in [3.8, 4) is 6.07 Å². The van der Waals surface area contributed by atoms with Crippen molar-refractivity contribution in [3.05, 3.63) is 52.5 Å². The Labute approximate surface area is 106 Å². The molecule has 3 nitrogen and oxygen atoms in total. The first kappa shape index (κ1) is 11.6. The van der Waals surface area contributed by atoms with Gasteiger partial charge in [0.15, 0.2) is 5.69 Å². The Hall–Kier alpha value is -1.93. The van der Waals surface area contributed by atoms with E-state index in [1.54, 1.807) is 30.5 Å². The Morgan fingerprint density at radius 1 is 1.35 bits per heavy atom. The van der Waals surface area contributed by atoms with E-state index in [0.717, 1.165) is 0 Å². The van der Waals surface area contributed by atoms with Gasteiger partial charge in [-0.1, -0.05) is 0 Å². The van der Waals surface area contributed by atoms with Gasteiger partial charge in [-0.05, 0) is 46.3 Å². The quantitative estimate of drug-likeness (QED) is 0.920. The second-order valence-electron chi connectivity index (χ2n) is 3.27. The zero-order chi connectivity index (χ0) is 12.3. The van der Waals surface area contributed by atoms with E-state index in [9.17, 15) is 4.39 Å². The van der Waals surface area contributed by atoms with Crippen LogP contribution in [0.4, 0.5) is 15.8 Å². The van der Waals surface area contributed by atoms with Crippen LogP contribution in [0.25, 0.3) is 0 Å². The molecule has 0 fully saturated rings. The van der Waals surface area contributed by atoms with Gasteiger partial charge >= 0.3 is 0 Å². The van der Waals surface area contributed by atoms with Gasteiger partial charge in [-0.25, -0.2) is 9.37 Å². The summed E-state index contributed by atoms with van der Waals surface area (Å²) < 4.78 is 13.4. The van der Waals surface area contributed by atoms with Gasteiger partial charge in [0.1, 0.15) is 11.9 Å². The first-order chi connectivity index (χ1) is 8.20. The number of rotatable bonds is 2. The highest BCUT2D eigenvalue weighted by atomic mass is 79.9. The van der Waals surface area contributed by atoms with E-state index >= 15 is 0 Å². The largest absolute Gasteiger partial charge is 0.353 e. The van der Waals surface area contributed by atoms with Gasteiger partial charge in [-0.15, -0.1) is 0 Å². The molecular formula is C12H7BrFN3. The minimum atomic E-state index is -0.331. The fraction of sp³-hybridized carbons (Fsp3) is 0. The number of aromatic nitrogens is 1. The molecule has 0 radical (unpaired) electrons. The molecule has 0 saturated heterocycles. The molecule has 2 rings (SSSR count). The van der Waals surface area contributed by atoms with Crippen LogP contribution < -0.4 is 5.32 Å². The smallest absolute Gasteiger partial charge is 0.163 e. The van der Waals surface area contributed by atoms with Crippen LogP contribution in [0.15, 0.2) is 41.0 Å². The standard InChI is InChI=1S/C12H7BrFN3/c13-9-6-8(3-4-10(9)14)17-11-2-1-5-16-12(11)7-15/h1-6,17H. The van der Waals surface area contributed by atoms with E-state index < -0.39 is 0 Å². The Morgan fingerprint density at radius 2 is 2.18 bits per heavy atom. The van der Waals surface area contributed by atoms with Crippen molar-refractivity contribution in [1.82, 2.24) is 4.98 Å². The predicted molar refractivity (Wildman–Crippen MR) is 66.3 cm³/mol. The number of nitrogens with one attached hydrogen (secondary N) is 1. The van der Waals surface area contributed by atoms with E-state index in [1.165, 1.54) is 6.07 Å². The lowest BCUT2D eigenvalue weighted by atomic mass is 10.2. The average molecular weight is 292 g/mol. The second kappa shape index (κ2) is 4.93. The van der Waals surface area contributed by atoms with Gasteiger partial charge in [0.25, 0.3) is 0 Å².